The van der Waals surface area contributed by atoms with Gasteiger partial charge in [0.05, 0.1) is 24.6 Å². The van der Waals surface area contributed by atoms with Crippen LogP contribution in [0.2, 0.25) is 5.02 Å². The van der Waals surface area contributed by atoms with Crippen LogP contribution in [0.25, 0.3) is 5.69 Å². The highest BCUT2D eigenvalue weighted by Gasteiger charge is 2.35. The monoisotopic (exact) mass is 454 g/mol. The number of hydrogen-bond donors (Lipinski definition) is 2. The molecule has 164 valence electrons. The van der Waals surface area contributed by atoms with E-state index in [9.17, 15) is 19.5 Å². The van der Waals surface area contributed by atoms with Crippen LogP contribution in [0.1, 0.15) is 30.5 Å². The summed E-state index contributed by atoms with van der Waals surface area (Å²) in [6.07, 6.45) is 0.129. The first-order chi connectivity index (χ1) is 15.3. The standard InChI is InChI=1S/C22H19ClN4O5/c1-12(28)27-17(15-8-3-4-9-18(15)32-2)11-16(25-27)19-20(29)24-22(31)26(21(19)30)14-7-5-6-13(23)10-14/h3-10,17,30H,11H2,1-2H3,(H,24,29,31). The molecule has 2 heterocycles. The number of nitrogens with zero attached hydrogens (tertiary/aromatic N) is 3. The number of para-hydroxylation sites is 1. The molecule has 0 radical (unpaired) electrons. The Morgan fingerprint density at radius 2 is 1.97 bits per heavy atom. The van der Waals surface area contributed by atoms with E-state index in [1.807, 2.05) is 0 Å². The number of aromatic nitrogens is 2. The number of aromatic hydroxyl groups is 1. The highest BCUT2D eigenvalue weighted by Crippen LogP contribution is 2.38. The van der Waals surface area contributed by atoms with E-state index in [1.165, 1.54) is 25.1 Å². The van der Waals surface area contributed by atoms with Crippen molar-refractivity contribution in [1.29, 1.82) is 0 Å². The third kappa shape index (κ3) is 3.67. The second-order valence-electron chi connectivity index (χ2n) is 7.15. The van der Waals surface area contributed by atoms with Gasteiger partial charge in [-0.1, -0.05) is 35.9 Å². The van der Waals surface area contributed by atoms with Crippen molar-refractivity contribution in [3.63, 3.8) is 0 Å². The lowest BCUT2D eigenvalue weighted by Gasteiger charge is -2.22. The van der Waals surface area contributed by atoms with E-state index in [0.717, 1.165) is 4.57 Å². The summed E-state index contributed by atoms with van der Waals surface area (Å²) in [5.41, 5.74) is -0.724. The highest BCUT2D eigenvalue weighted by atomic mass is 35.5. The number of methoxy groups -OCH3 is 1. The fourth-order valence-corrected chi connectivity index (χ4v) is 3.96. The van der Waals surface area contributed by atoms with Gasteiger partial charge in [-0.3, -0.25) is 14.6 Å². The molecule has 1 amide bonds. The van der Waals surface area contributed by atoms with Crippen molar-refractivity contribution in [3.05, 3.63) is 85.5 Å². The van der Waals surface area contributed by atoms with Crippen LogP contribution in [0.3, 0.4) is 0 Å². The molecule has 2 N–H and O–H groups in total. The number of nitrogens with one attached hydrogen (secondary N) is 1. The highest BCUT2D eigenvalue weighted by molar-refractivity contribution is 6.30. The molecule has 4 rings (SSSR count). The van der Waals surface area contributed by atoms with Crippen LogP contribution in [0, 0.1) is 0 Å². The largest absolute Gasteiger partial charge is 0.496 e. The molecule has 0 saturated heterocycles. The molecule has 2 aromatic carbocycles. The number of H-pyrrole nitrogens is 1. The zero-order valence-electron chi connectivity index (χ0n) is 17.2. The summed E-state index contributed by atoms with van der Waals surface area (Å²) in [6, 6.07) is 12.9. The Morgan fingerprint density at radius 1 is 1.22 bits per heavy atom. The summed E-state index contributed by atoms with van der Waals surface area (Å²) < 4.78 is 6.34. The molecule has 0 fully saturated rings. The third-order valence-electron chi connectivity index (χ3n) is 5.17. The van der Waals surface area contributed by atoms with Gasteiger partial charge in [0.2, 0.25) is 11.8 Å². The maximum atomic E-state index is 12.7. The number of benzene rings is 2. The molecule has 1 atom stereocenters. The van der Waals surface area contributed by atoms with Crippen LogP contribution >= 0.6 is 11.6 Å². The molecular formula is C22H19ClN4O5. The quantitative estimate of drug-likeness (QED) is 0.628. The van der Waals surface area contributed by atoms with Crippen molar-refractivity contribution in [2.24, 2.45) is 5.10 Å². The molecule has 0 saturated carbocycles. The number of hydrazone groups is 1. The van der Waals surface area contributed by atoms with Crippen molar-refractivity contribution in [2.45, 2.75) is 19.4 Å². The number of aromatic amines is 1. The van der Waals surface area contributed by atoms with Gasteiger partial charge >= 0.3 is 5.69 Å². The van der Waals surface area contributed by atoms with Crippen LogP contribution in [0.5, 0.6) is 11.6 Å². The van der Waals surface area contributed by atoms with Crippen LogP contribution in [-0.2, 0) is 4.79 Å². The second-order valence-corrected chi connectivity index (χ2v) is 7.58. The Balaban J connectivity index is 1.86. The van der Waals surface area contributed by atoms with Crippen molar-refractivity contribution in [2.75, 3.05) is 7.11 Å². The normalized spacial score (nSPS) is 15.5. The molecule has 1 aliphatic rings. The SMILES string of the molecule is COc1ccccc1C1CC(c2c(O)n(-c3cccc(Cl)c3)c(=O)[nH]c2=O)=NN1C(C)=O. The summed E-state index contributed by atoms with van der Waals surface area (Å²) in [5, 5.41) is 16.8. The van der Waals surface area contributed by atoms with E-state index in [0.29, 0.717) is 16.3 Å². The lowest BCUT2D eigenvalue weighted by Crippen LogP contribution is -2.33. The molecule has 10 heteroatoms. The molecule has 1 unspecified atom stereocenters. The minimum Gasteiger partial charge on any atom is -0.496 e. The van der Waals surface area contributed by atoms with E-state index >= 15 is 0 Å². The van der Waals surface area contributed by atoms with Gasteiger partial charge in [-0.2, -0.15) is 5.10 Å². The summed E-state index contributed by atoms with van der Waals surface area (Å²) in [6.45, 7) is 1.35. The van der Waals surface area contributed by atoms with Crippen LogP contribution in [0.15, 0.2) is 63.2 Å². The van der Waals surface area contributed by atoms with Gasteiger partial charge in [0, 0.05) is 23.9 Å². The van der Waals surface area contributed by atoms with E-state index in [2.05, 4.69) is 10.1 Å². The Morgan fingerprint density at radius 3 is 2.66 bits per heavy atom. The summed E-state index contributed by atoms with van der Waals surface area (Å²) in [7, 11) is 1.52. The predicted molar refractivity (Wildman–Crippen MR) is 119 cm³/mol. The van der Waals surface area contributed by atoms with Crippen LogP contribution in [-0.4, -0.2) is 38.4 Å². The van der Waals surface area contributed by atoms with E-state index < -0.39 is 23.2 Å². The molecule has 9 nitrogen and oxygen atoms in total. The number of hydrogen-bond acceptors (Lipinski definition) is 6. The van der Waals surface area contributed by atoms with Gasteiger partial charge in [0.15, 0.2) is 0 Å². The van der Waals surface area contributed by atoms with Crippen molar-refractivity contribution >= 4 is 23.2 Å². The average Bonchev–Trinajstić information content (AvgIpc) is 3.18. The Hall–Kier alpha value is -3.85. The van der Waals surface area contributed by atoms with Gasteiger partial charge < -0.3 is 9.84 Å². The molecule has 1 aromatic heterocycles. The number of rotatable bonds is 4. The van der Waals surface area contributed by atoms with Gasteiger partial charge in [-0.15, -0.1) is 0 Å². The zero-order chi connectivity index (χ0) is 23.0. The molecule has 0 bridgehead atoms. The first-order valence-corrected chi connectivity index (χ1v) is 10.0. The first kappa shape index (κ1) is 21.4. The van der Waals surface area contributed by atoms with E-state index in [1.54, 1.807) is 42.5 Å². The van der Waals surface area contributed by atoms with Crippen molar-refractivity contribution in [3.8, 4) is 17.3 Å². The fraction of sp³-hybridized carbons (Fsp3) is 0.182. The van der Waals surface area contributed by atoms with Gasteiger partial charge in [-0.05, 0) is 24.3 Å². The lowest BCUT2D eigenvalue weighted by molar-refractivity contribution is -0.130. The van der Waals surface area contributed by atoms with Gasteiger partial charge in [0.25, 0.3) is 5.56 Å². The molecule has 3 aromatic rings. The smallest absolute Gasteiger partial charge is 0.335 e. The average molecular weight is 455 g/mol. The summed E-state index contributed by atoms with van der Waals surface area (Å²) >= 11 is 6.02. The number of halogens is 1. The molecule has 1 aliphatic heterocycles. The third-order valence-corrected chi connectivity index (χ3v) is 5.41. The summed E-state index contributed by atoms with van der Waals surface area (Å²) in [4.78, 5) is 39.7. The maximum Gasteiger partial charge on any atom is 0.335 e. The zero-order valence-corrected chi connectivity index (χ0v) is 18.0. The number of carbonyl (C=O) groups is 1. The van der Waals surface area contributed by atoms with Crippen LogP contribution in [0.4, 0.5) is 0 Å². The van der Waals surface area contributed by atoms with Gasteiger partial charge in [-0.25, -0.2) is 14.4 Å². The van der Waals surface area contributed by atoms with E-state index in [4.69, 9.17) is 16.3 Å². The lowest BCUT2D eigenvalue weighted by atomic mass is 9.98. The topological polar surface area (TPSA) is 117 Å². The minimum absolute atomic E-state index is 0.129. The van der Waals surface area contributed by atoms with Gasteiger partial charge in [0.1, 0.15) is 11.3 Å². The Kier molecular flexibility index (Phi) is 5.58. The Bertz CT molecular complexity index is 1360. The number of amides is 1. The van der Waals surface area contributed by atoms with Crippen molar-refractivity contribution < 1.29 is 14.6 Å². The molecule has 0 spiro atoms. The van der Waals surface area contributed by atoms with E-state index in [-0.39, 0.29) is 29.3 Å². The number of ether oxygens (including phenoxy) is 1. The Labute approximate surface area is 187 Å². The number of carbonyl (C=O) groups excluding carboxylic acids is 1. The van der Waals surface area contributed by atoms with Crippen molar-refractivity contribution in [1.82, 2.24) is 14.6 Å². The first-order valence-electron chi connectivity index (χ1n) is 9.66. The molecule has 32 heavy (non-hydrogen) atoms. The molecule has 0 aliphatic carbocycles. The fourth-order valence-electron chi connectivity index (χ4n) is 3.78. The molecular weight excluding hydrogens is 436 g/mol. The van der Waals surface area contributed by atoms with Crippen LogP contribution < -0.4 is 16.0 Å². The maximum absolute atomic E-state index is 12.7. The second kappa shape index (κ2) is 8.35. The minimum atomic E-state index is -0.832. The summed E-state index contributed by atoms with van der Waals surface area (Å²) in [5.74, 6) is -0.388. The predicted octanol–water partition coefficient (Wildman–Crippen LogP) is 2.59.